The molecule has 1 amide bonds. The number of carbonyl (C=O) groups excluding carboxylic acids is 1. The molecule has 2 N–H and O–H groups in total. The number of nitrogens with zero attached hydrogens (tertiary/aromatic N) is 1. The lowest BCUT2D eigenvalue weighted by Crippen LogP contribution is -2.26. The topological polar surface area (TPSA) is 80.6 Å². The Kier molecular flexibility index (Phi) is 8.36. The number of benzene rings is 3. The number of aryl methyl sites for hydroxylation is 1. The van der Waals surface area contributed by atoms with Crippen molar-refractivity contribution < 1.29 is 19.4 Å². The average molecular weight is 547 g/mol. The van der Waals surface area contributed by atoms with Crippen LogP contribution in [0.4, 0.5) is 0 Å². The normalized spacial score (nSPS) is 12.9. The number of halogens is 1. The van der Waals surface area contributed by atoms with Gasteiger partial charge in [0.15, 0.2) is 6.10 Å². The molecular weight excluding hydrogens is 512 g/mol. The van der Waals surface area contributed by atoms with Gasteiger partial charge in [0.25, 0.3) is 5.91 Å². The highest BCUT2D eigenvalue weighted by molar-refractivity contribution is 6.32. The Bertz CT molecular complexity index is 1540. The van der Waals surface area contributed by atoms with Crippen LogP contribution < -0.4 is 10.1 Å². The summed E-state index contributed by atoms with van der Waals surface area (Å²) in [6.07, 6.45) is -1.01. The molecule has 2 atom stereocenters. The first-order valence-electron chi connectivity index (χ1n) is 13.1. The average Bonchev–Trinajstić information content (AvgIpc) is 3.14. The summed E-state index contributed by atoms with van der Waals surface area (Å²) in [6, 6.07) is 19.4. The van der Waals surface area contributed by atoms with E-state index in [2.05, 4.69) is 49.7 Å². The molecule has 0 aliphatic rings. The number of carboxylic acids is 1. The Morgan fingerprint density at radius 3 is 2.38 bits per heavy atom. The number of aliphatic carboxylic acids is 1. The largest absolute Gasteiger partial charge is 0.479 e. The summed E-state index contributed by atoms with van der Waals surface area (Å²) in [5, 5.41) is 13.7. The highest BCUT2D eigenvalue weighted by Gasteiger charge is 2.18. The van der Waals surface area contributed by atoms with Crippen molar-refractivity contribution in [1.82, 2.24) is 9.88 Å². The van der Waals surface area contributed by atoms with Gasteiger partial charge in [-0.15, -0.1) is 0 Å². The van der Waals surface area contributed by atoms with Crippen molar-refractivity contribution in [2.75, 3.05) is 0 Å². The molecule has 1 heterocycles. The van der Waals surface area contributed by atoms with E-state index in [1.807, 2.05) is 43.3 Å². The Labute approximate surface area is 234 Å². The van der Waals surface area contributed by atoms with Crippen molar-refractivity contribution in [2.45, 2.75) is 66.2 Å². The van der Waals surface area contributed by atoms with Gasteiger partial charge in [-0.1, -0.05) is 55.8 Å². The highest BCUT2D eigenvalue weighted by atomic mass is 35.5. The summed E-state index contributed by atoms with van der Waals surface area (Å²) < 4.78 is 7.73. The van der Waals surface area contributed by atoms with Gasteiger partial charge < -0.3 is 19.7 Å². The lowest BCUT2D eigenvalue weighted by Gasteiger charge is -2.17. The quantitative estimate of drug-likeness (QED) is 0.229. The zero-order chi connectivity index (χ0) is 28.4. The number of carbonyl (C=O) groups is 2. The number of ether oxygens (including phenoxy) is 1. The Morgan fingerprint density at radius 2 is 1.69 bits per heavy atom. The molecule has 0 unspecified atom stereocenters. The highest BCUT2D eigenvalue weighted by Crippen LogP contribution is 2.31. The van der Waals surface area contributed by atoms with Crippen molar-refractivity contribution in [1.29, 1.82) is 0 Å². The molecular formula is C32H35ClN2O4. The van der Waals surface area contributed by atoms with Gasteiger partial charge in [0.2, 0.25) is 0 Å². The van der Waals surface area contributed by atoms with Crippen LogP contribution in [0.5, 0.6) is 5.75 Å². The van der Waals surface area contributed by atoms with Crippen molar-refractivity contribution in [3.05, 3.63) is 99.2 Å². The van der Waals surface area contributed by atoms with Gasteiger partial charge in [0.1, 0.15) is 5.75 Å². The summed E-state index contributed by atoms with van der Waals surface area (Å²) in [5.41, 5.74) is 7.05. The van der Waals surface area contributed by atoms with E-state index in [-0.39, 0.29) is 11.9 Å². The predicted molar refractivity (Wildman–Crippen MR) is 156 cm³/mol. The van der Waals surface area contributed by atoms with Gasteiger partial charge in [0.05, 0.1) is 11.1 Å². The maximum Gasteiger partial charge on any atom is 0.344 e. The van der Waals surface area contributed by atoms with Crippen LogP contribution in [-0.2, 0) is 11.3 Å². The van der Waals surface area contributed by atoms with Gasteiger partial charge in [-0.3, -0.25) is 4.79 Å². The standard InChI is InChI=1S/C32H35ClN2O4/c1-18(2)24-8-7-9-25(15-24)20(4)34-31(36)26-11-13-29-27(16-26)19(3)21(5)35(29)17-23-10-12-28(33)30(14-23)39-22(6)32(37)38/h7-16,18,20,22H,17H2,1-6H3,(H,34,36)(H,37,38)/t20-,22+/m0/s1. The molecule has 4 rings (SSSR count). The van der Waals surface area contributed by atoms with Crippen molar-refractivity contribution in [3.8, 4) is 5.75 Å². The molecule has 1 aromatic heterocycles. The third-order valence-corrected chi connectivity index (χ3v) is 7.63. The van der Waals surface area contributed by atoms with Gasteiger partial charge >= 0.3 is 5.97 Å². The van der Waals surface area contributed by atoms with Crippen LogP contribution in [0.25, 0.3) is 10.9 Å². The fraction of sp³-hybridized carbons (Fsp3) is 0.312. The van der Waals surface area contributed by atoms with E-state index in [1.165, 1.54) is 12.5 Å². The molecule has 0 fully saturated rings. The van der Waals surface area contributed by atoms with Gasteiger partial charge in [-0.2, -0.15) is 0 Å². The lowest BCUT2D eigenvalue weighted by atomic mass is 9.98. The van der Waals surface area contributed by atoms with Crippen LogP contribution in [0.1, 0.15) is 78.0 Å². The number of aromatic nitrogens is 1. The second-order valence-electron chi connectivity index (χ2n) is 10.4. The van der Waals surface area contributed by atoms with Gasteiger partial charge in [-0.25, -0.2) is 4.79 Å². The molecule has 39 heavy (non-hydrogen) atoms. The van der Waals surface area contributed by atoms with Crippen molar-refractivity contribution >= 4 is 34.4 Å². The smallest absolute Gasteiger partial charge is 0.344 e. The van der Waals surface area contributed by atoms with E-state index in [4.69, 9.17) is 16.3 Å². The first kappa shape index (κ1) is 28.2. The summed E-state index contributed by atoms with van der Waals surface area (Å²) in [5.74, 6) is -0.415. The third kappa shape index (κ3) is 6.12. The Morgan fingerprint density at radius 1 is 0.974 bits per heavy atom. The van der Waals surface area contributed by atoms with Crippen LogP contribution in [0.3, 0.4) is 0 Å². The predicted octanol–water partition coefficient (Wildman–Crippen LogP) is 7.43. The summed E-state index contributed by atoms with van der Waals surface area (Å²) in [4.78, 5) is 24.4. The minimum absolute atomic E-state index is 0.115. The van der Waals surface area contributed by atoms with Crippen LogP contribution in [-0.4, -0.2) is 27.7 Å². The van der Waals surface area contributed by atoms with E-state index < -0.39 is 12.1 Å². The maximum atomic E-state index is 13.2. The molecule has 0 aliphatic heterocycles. The van der Waals surface area contributed by atoms with Crippen LogP contribution in [0.15, 0.2) is 60.7 Å². The number of hydrogen-bond acceptors (Lipinski definition) is 3. The molecule has 4 aromatic rings. The molecule has 204 valence electrons. The number of fused-ring (bicyclic) bond motifs is 1. The number of carboxylic acid groups (broad SMARTS) is 1. The fourth-order valence-corrected chi connectivity index (χ4v) is 4.87. The Balaban J connectivity index is 1.58. The van der Waals surface area contributed by atoms with E-state index in [1.54, 1.807) is 12.1 Å². The molecule has 3 aromatic carbocycles. The molecule has 0 spiro atoms. The molecule has 0 saturated carbocycles. The van der Waals surface area contributed by atoms with Crippen molar-refractivity contribution in [3.63, 3.8) is 0 Å². The maximum absolute atomic E-state index is 13.2. The minimum Gasteiger partial charge on any atom is -0.479 e. The first-order chi connectivity index (χ1) is 18.5. The second kappa shape index (κ2) is 11.5. The summed E-state index contributed by atoms with van der Waals surface area (Å²) in [6.45, 7) is 12.4. The minimum atomic E-state index is -1.06. The Hall–Kier alpha value is -3.77. The van der Waals surface area contributed by atoms with Crippen LogP contribution in [0, 0.1) is 13.8 Å². The van der Waals surface area contributed by atoms with Gasteiger partial charge in [-0.05, 0) is 86.2 Å². The monoisotopic (exact) mass is 546 g/mol. The van der Waals surface area contributed by atoms with E-state index in [0.717, 1.165) is 33.3 Å². The van der Waals surface area contributed by atoms with E-state index in [0.29, 0.717) is 28.8 Å². The number of nitrogens with one attached hydrogen (secondary N) is 1. The van der Waals surface area contributed by atoms with Crippen LogP contribution >= 0.6 is 11.6 Å². The molecule has 0 radical (unpaired) electrons. The fourth-order valence-electron chi connectivity index (χ4n) is 4.71. The molecule has 7 heteroatoms. The van der Waals surface area contributed by atoms with Gasteiger partial charge in [0, 0.05) is 28.7 Å². The second-order valence-corrected chi connectivity index (χ2v) is 10.8. The summed E-state index contributed by atoms with van der Waals surface area (Å²) in [7, 11) is 0. The number of hydrogen-bond donors (Lipinski definition) is 2. The lowest BCUT2D eigenvalue weighted by molar-refractivity contribution is -0.144. The zero-order valence-electron chi connectivity index (χ0n) is 23.2. The molecule has 0 bridgehead atoms. The number of rotatable bonds is 9. The summed E-state index contributed by atoms with van der Waals surface area (Å²) >= 11 is 6.26. The van der Waals surface area contributed by atoms with Crippen molar-refractivity contribution in [2.24, 2.45) is 0 Å². The first-order valence-corrected chi connectivity index (χ1v) is 13.5. The van der Waals surface area contributed by atoms with E-state index >= 15 is 0 Å². The molecule has 6 nitrogen and oxygen atoms in total. The molecule has 0 saturated heterocycles. The number of amides is 1. The zero-order valence-corrected chi connectivity index (χ0v) is 24.0. The van der Waals surface area contributed by atoms with E-state index in [9.17, 15) is 14.7 Å². The SMILES string of the molecule is Cc1c(C)n(Cc2ccc(Cl)c(O[C@H](C)C(=O)O)c2)c2ccc(C(=O)N[C@@H](C)c3cccc(C(C)C)c3)cc12. The molecule has 0 aliphatic carbocycles. The van der Waals surface area contributed by atoms with Crippen LogP contribution in [0.2, 0.25) is 5.02 Å². The third-order valence-electron chi connectivity index (χ3n) is 7.31.